The molecule has 0 aliphatic heterocycles. The fourth-order valence-corrected chi connectivity index (χ4v) is 1.66. The number of aromatic nitrogens is 1. The van der Waals surface area contributed by atoms with Gasteiger partial charge in [-0.15, -0.1) is 0 Å². The average Bonchev–Trinajstić information content (AvgIpc) is 2.46. The topological polar surface area (TPSA) is 96.6 Å². The number of pyridine rings is 1. The summed E-state index contributed by atoms with van der Waals surface area (Å²) in [5.74, 6) is -0.602. The van der Waals surface area contributed by atoms with Gasteiger partial charge in [-0.25, -0.2) is 9.78 Å². The van der Waals surface area contributed by atoms with E-state index >= 15 is 0 Å². The summed E-state index contributed by atoms with van der Waals surface area (Å²) in [6, 6.07) is 8.82. The number of anilines is 2. The zero-order chi connectivity index (χ0) is 14.7. The first-order valence-electron chi connectivity index (χ1n) is 5.66. The van der Waals surface area contributed by atoms with E-state index in [1.165, 1.54) is 30.5 Å². The molecule has 1 aromatic heterocycles. The average molecular weight is 273 g/mol. The van der Waals surface area contributed by atoms with Crippen LogP contribution < -0.4 is 4.90 Å². The lowest BCUT2D eigenvalue weighted by Crippen LogP contribution is -2.11. The fourth-order valence-electron chi connectivity index (χ4n) is 1.66. The molecular weight excluding hydrogens is 262 g/mol. The van der Waals surface area contributed by atoms with E-state index in [-0.39, 0.29) is 11.3 Å². The molecular formula is C13H11N3O4. The maximum atomic E-state index is 10.8. The molecule has 0 spiro atoms. The van der Waals surface area contributed by atoms with Crippen LogP contribution in [0.15, 0.2) is 42.6 Å². The normalized spacial score (nSPS) is 10.1. The van der Waals surface area contributed by atoms with Crippen LogP contribution in [0.5, 0.6) is 0 Å². The minimum absolute atomic E-state index is 0.0518. The summed E-state index contributed by atoms with van der Waals surface area (Å²) in [5, 5.41) is 19.6. The van der Waals surface area contributed by atoms with E-state index in [4.69, 9.17) is 5.11 Å². The summed E-state index contributed by atoms with van der Waals surface area (Å²) >= 11 is 0. The molecule has 0 unspecified atom stereocenters. The lowest BCUT2D eigenvalue weighted by molar-refractivity contribution is -0.384. The first-order chi connectivity index (χ1) is 9.49. The Morgan fingerprint density at radius 2 is 1.95 bits per heavy atom. The molecule has 7 heteroatoms. The molecule has 102 valence electrons. The molecule has 1 N–H and O–H groups in total. The summed E-state index contributed by atoms with van der Waals surface area (Å²) in [4.78, 5) is 26.7. The Kier molecular flexibility index (Phi) is 3.60. The van der Waals surface area contributed by atoms with Crippen LogP contribution in [0.4, 0.5) is 17.2 Å². The van der Waals surface area contributed by atoms with Gasteiger partial charge in [-0.05, 0) is 24.3 Å². The van der Waals surface area contributed by atoms with E-state index in [1.54, 1.807) is 24.1 Å². The molecule has 2 aromatic rings. The van der Waals surface area contributed by atoms with Gasteiger partial charge in [0.1, 0.15) is 5.82 Å². The molecule has 20 heavy (non-hydrogen) atoms. The summed E-state index contributed by atoms with van der Waals surface area (Å²) in [6.45, 7) is 0. The van der Waals surface area contributed by atoms with Gasteiger partial charge in [-0.3, -0.25) is 10.1 Å². The Hall–Kier alpha value is -2.96. The summed E-state index contributed by atoms with van der Waals surface area (Å²) in [7, 11) is 1.70. The second-order valence-electron chi connectivity index (χ2n) is 4.04. The molecule has 2 rings (SSSR count). The molecule has 0 saturated carbocycles. The molecule has 0 saturated heterocycles. The van der Waals surface area contributed by atoms with Crippen molar-refractivity contribution in [2.24, 2.45) is 0 Å². The van der Waals surface area contributed by atoms with Gasteiger partial charge in [0.25, 0.3) is 5.69 Å². The molecule has 0 amide bonds. The lowest BCUT2D eigenvalue weighted by atomic mass is 10.2. The van der Waals surface area contributed by atoms with Crippen molar-refractivity contribution in [3.05, 3.63) is 58.3 Å². The number of carboxylic acid groups (broad SMARTS) is 1. The molecule has 0 radical (unpaired) electrons. The van der Waals surface area contributed by atoms with E-state index in [1.807, 2.05) is 0 Å². The molecule has 0 bridgehead atoms. The van der Waals surface area contributed by atoms with Crippen LogP contribution in [-0.2, 0) is 0 Å². The van der Waals surface area contributed by atoms with Crippen LogP contribution in [0.25, 0.3) is 0 Å². The minimum atomic E-state index is -1.01. The highest BCUT2D eigenvalue weighted by Crippen LogP contribution is 2.24. The van der Waals surface area contributed by atoms with Gasteiger partial charge in [-0.1, -0.05) is 0 Å². The SMILES string of the molecule is CN(c1ccc(C(=O)O)cc1)c1cc([N+](=O)[O-])ccn1. The van der Waals surface area contributed by atoms with Gasteiger partial charge in [0, 0.05) is 25.0 Å². The van der Waals surface area contributed by atoms with Gasteiger partial charge in [0.15, 0.2) is 0 Å². The number of hydrogen-bond donors (Lipinski definition) is 1. The number of aromatic carboxylic acids is 1. The van der Waals surface area contributed by atoms with Gasteiger partial charge in [0.05, 0.1) is 16.6 Å². The zero-order valence-electron chi connectivity index (χ0n) is 10.6. The van der Waals surface area contributed by atoms with Crippen molar-refractivity contribution >= 4 is 23.2 Å². The van der Waals surface area contributed by atoms with Crippen molar-refractivity contribution in [3.63, 3.8) is 0 Å². The number of rotatable bonds is 4. The molecule has 1 aromatic carbocycles. The smallest absolute Gasteiger partial charge is 0.335 e. The predicted octanol–water partition coefficient (Wildman–Crippen LogP) is 2.46. The Labute approximate surface area is 114 Å². The number of carboxylic acids is 1. The van der Waals surface area contributed by atoms with Crippen LogP contribution in [0.3, 0.4) is 0 Å². The van der Waals surface area contributed by atoms with E-state index < -0.39 is 10.9 Å². The Bertz CT molecular complexity index is 655. The molecule has 0 aliphatic rings. The van der Waals surface area contributed by atoms with Crippen molar-refractivity contribution in [2.45, 2.75) is 0 Å². The maximum Gasteiger partial charge on any atom is 0.335 e. The van der Waals surface area contributed by atoms with Crippen LogP contribution in [0.2, 0.25) is 0 Å². The standard InChI is InChI=1S/C13H11N3O4/c1-15(10-4-2-9(3-5-10)13(17)18)12-8-11(16(19)20)6-7-14-12/h2-8H,1H3,(H,17,18). The maximum absolute atomic E-state index is 10.8. The molecule has 0 atom stereocenters. The van der Waals surface area contributed by atoms with Crippen LogP contribution in [0, 0.1) is 10.1 Å². The van der Waals surface area contributed by atoms with Gasteiger partial charge >= 0.3 is 5.97 Å². The second-order valence-corrected chi connectivity index (χ2v) is 4.04. The van der Waals surface area contributed by atoms with Crippen molar-refractivity contribution in [3.8, 4) is 0 Å². The summed E-state index contributed by atoms with van der Waals surface area (Å²) < 4.78 is 0. The first kappa shape index (κ1) is 13.5. The lowest BCUT2D eigenvalue weighted by Gasteiger charge is -2.18. The van der Waals surface area contributed by atoms with Crippen LogP contribution >= 0.6 is 0 Å². The highest BCUT2D eigenvalue weighted by atomic mass is 16.6. The highest BCUT2D eigenvalue weighted by molar-refractivity contribution is 5.88. The number of nitro groups is 1. The number of hydrogen-bond acceptors (Lipinski definition) is 5. The van der Waals surface area contributed by atoms with E-state index in [0.29, 0.717) is 11.5 Å². The Morgan fingerprint density at radius 1 is 1.30 bits per heavy atom. The Morgan fingerprint density at radius 3 is 2.50 bits per heavy atom. The number of carbonyl (C=O) groups is 1. The first-order valence-corrected chi connectivity index (χ1v) is 5.66. The highest BCUT2D eigenvalue weighted by Gasteiger charge is 2.12. The third kappa shape index (κ3) is 2.72. The van der Waals surface area contributed by atoms with E-state index in [0.717, 1.165) is 0 Å². The van der Waals surface area contributed by atoms with Gasteiger partial charge < -0.3 is 10.0 Å². The molecule has 7 nitrogen and oxygen atoms in total. The third-order valence-corrected chi connectivity index (χ3v) is 2.79. The van der Waals surface area contributed by atoms with Crippen molar-refractivity contribution in [1.82, 2.24) is 4.98 Å². The number of benzene rings is 1. The van der Waals surface area contributed by atoms with E-state index in [2.05, 4.69) is 4.98 Å². The predicted molar refractivity (Wildman–Crippen MR) is 72.4 cm³/mol. The van der Waals surface area contributed by atoms with Gasteiger partial charge in [-0.2, -0.15) is 0 Å². The van der Waals surface area contributed by atoms with Crippen molar-refractivity contribution < 1.29 is 14.8 Å². The molecule has 0 aliphatic carbocycles. The van der Waals surface area contributed by atoms with Crippen LogP contribution in [0.1, 0.15) is 10.4 Å². The summed E-state index contributed by atoms with van der Waals surface area (Å²) in [6.07, 6.45) is 1.36. The number of nitrogens with zero attached hydrogens (tertiary/aromatic N) is 3. The monoisotopic (exact) mass is 273 g/mol. The summed E-state index contributed by atoms with van der Waals surface area (Å²) in [5.41, 5.74) is 0.807. The fraction of sp³-hybridized carbons (Fsp3) is 0.0769. The zero-order valence-corrected chi connectivity index (χ0v) is 10.6. The van der Waals surface area contributed by atoms with Crippen LogP contribution in [-0.4, -0.2) is 28.0 Å². The largest absolute Gasteiger partial charge is 0.478 e. The quantitative estimate of drug-likeness (QED) is 0.678. The van der Waals surface area contributed by atoms with Crippen molar-refractivity contribution in [1.29, 1.82) is 0 Å². The molecule has 1 heterocycles. The Balaban J connectivity index is 2.30. The molecule has 0 fully saturated rings. The van der Waals surface area contributed by atoms with Crippen molar-refractivity contribution in [2.75, 3.05) is 11.9 Å². The van der Waals surface area contributed by atoms with Gasteiger partial charge in [0.2, 0.25) is 0 Å². The second kappa shape index (κ2) is 5.35. The van der Waals surface area contributed by atoms with E-state index in [9.17, 15) is 14.9 Å². The minimum Gasteiger partial charge on any atom is -0.478 e. The third-order valence-electron chi connectivity index (χ3n) is 2.79.